The van der Waals surface area contributed by atoms with Crippen molar-refractivity contribution in [3.8, 4) is 0 Å². The number of esters is 1. The second-order valence-electron chi connectivity index (χ2n) is 4.65. The topological polar surface area (TPSA) is 29.5 Å². The lowest BCUT2D eigenvalue weighted by Gasteiger charge is -2.35. The minimum atomic E-state index is -0.0796. The zero-order valence-corrected chi connectivity index (χ0v) is 10.7. The predicted molar refractivity (Wildman–Crippen MR) is 65.4 cm³/mol. The van der Waals surface area contributed by atoms with Crippen LogP contribution in [0, 0.1) is 0 Å². The van der Waals surface area contributed by atoms with E-state index in [0.717, 1.165) is 19.0 Å². The molecule has 1 atom stereocenters. The summed E-state index contributed by atoms with van der Waals surface area (Å²) in [5.74, 6) is -0.0796. The molecule has 1 fully saturated rings. The minimum Gasteiger partial charge on any atom is -0.469 e. The van der Waals surface area contributed by atoms with Crippen LogP contribution in [-0.4, -0.2) is 37.1 Å². The number of likely N-dealkylation sites (tertiary alicyclic amines) is 1. The lowest BCUT2D eigenvalue weighted by Crippen LogP contribution is -2.40. The summed E-state index contributed by atoms with van der Waals surface area (Å²) in [5, 5.41) is 0. The summed E-state index contributed by atoms with van der Waals surface area (Å²) < 4.78 is 4.66. The van der Waals surface area contributed by atoms with E-state index >= 15 is 0 Å². The van der Waals surface area contributed by atoms with Crippen molar-refractivity contribution in [1.29, 1.82) is 0 Å². The van der Waals surface area contributed by atoms with Gasteiger partial charge in [0.2, 0.25) is 0 Å². The molecule has 1 rings (SSSR count). The molecule has 1 aliphatic heterocycles. The molecule has 1 aliphatic rings. The van der Waals surface area contributed by atoms with Gasteiger partial charge in [0.15, 0.2) is 0 Å². The third-order valence-corrected chi connectivity index (χ3v) is 3.42. The fourth-order valence-corrected chi connectivity index (χ4v) is 2.54. The number of carbonyl (C=O) groups excluding carboxylic acids is 1. The van der Waals surface area contributed by atoms with Gasteiger partial charge in [-0.2, -0.15) is 0 Å². The number of nitrogens with zero attached hydrogens (tertiary/aromatic N) is 1. The number of hydrogen-bond donors (Lipinski definition) is 0. The van der Waals surface area contributed by atoms with E-state index in [1.807, 2.05) is 0 Å². The Balaban J connectivity index is 2.24. The van der Waals surface area contributed by atoms with Gasteiger partial charge in [-0.25, -0.2) is 0 Å². The molecule has 0 radical (unpaired) electrons. The van der Waals surface area contributed by atoms with Crippen molar-refractivity contribution in [2.75, 3.05) is 20.2 Å². The second kappa shape index (κ2) is 7.66. The molecule has 94 valence electrons. The van der Waals surface area contributed by atoms with Crippen LogP contribution in [0.25, 0.3) is 0 Å². The Morgan fingerprint density at radius 3 is 2.94 bits per heavy atom. The maximum Gasteiger partial charge on any atom is 0.305 e. The molecule has 0 aliphatic carbocycles. The van der Waals surface area contributed by atoms with Crippen LogP contribution in [0.1, 0.15) is 51.9 Å². The lowest BCUT2D eigenvalue weighted by molar-refractivity contribution is -0.140. The van der Waals surface area contributed by atoms with E-state index in [0.29, 0.717) is 6.42 Å². The van der Waals surface area contributed by atoms with Crippen molar-refractivity contribution in [2.24, 2.45) is 0 Å². The molecule has 0 bridgehead atoms. The van der Waals surface area contributed by atoms with Gasteiger partial charge in [0.05, 0.1) is 7.11 Å². The molecule has 0 saturated carbocycles. The molecule has 1 saturated heterocycles. The average molecular weight is 227 g/mol. The number of piperidine rings is 1. The Labute approximate surface area is 99.1 Å². The highest BCUT2D eigenvalue weighted by Gasteiger charge is 2.20. The molecule has 1 heterocycles. The van der Waals surface area contributed by atoms with E-state index in [4.69, 9.17) is 0 Å². The Hall–Kier alpha value is -0.570. The van der Waals surface area contributed by atoms with Crippen LogP contribution in [0.3, 0.4) is 0 Å². The number of hydrogen-bond acceptors (Lipinski definition) is 3. The normalized spacial score (nSPS) is 22.0. The van der Waals surface area contributed by atoms with E-state index in [1.54, 1.807) is 0 Å². The van der Waals surface area contributed by atoms with Crippen molar-refractivity contribution < 1.29 is 9.53 Å². The zero-order chi connectivity index (χ0) is 11.8. The largest absolute Gasteiger partial charge is 0.469 e. The fraction of sp³-hybridized carbons (Fsp3) is 0.923. The van der Waals surface area contributed by atoms with Crippen LogP contribution < -0.4 is 0 Å². The van der Waals surface area contributed by atoms with Gasteiger partial charge in [-0.3, -0.25) is 4.79 Å². The van der Waals surface area contributed by atoms with Crippen molar-refractivity contribution in [1.82, 2.24) is 4.90 Å². The van der Waals surface area contributed by atoms with Gasteiger partial charge in [-0.05, 0) is 38.8 Å². The van der Waals surface area contributed by atoms with Crippen molar-refractivity contribution in [3.63, 3.8) is 0 Å². The summed E-state index contributed by atoms with van der Waals surface area (Å²) in [7, 11) is 1.46. The second-order valence-corrected chi connectivity index (χ2v) is 4.65. The van der Waals surface area contributed by atoms with E-state index < -0.39 is 0 Å². The van der Waals surface area contributed by atoms with Crippen molar-refractivity contribution in [3.05, 3.63) is 0 Å². The van der Waals surface area contributed by atoms with Crippen molar-refractivity contribution >= 4 is 5.97 Å². The first-order chi connectivity index (χ1) is 7.77. The van der Waals surface area contributed by atoms with Gasteiger partial charge >= 0.3 is 5.97 Å². The van der Waals surface area contributed by atoms with Gasteiger partial charge < -0.3 is 9.64 Å². The van der Waals surface area contributed by atoms with Crippen LogP contribution in [0.5, 0.6) is 0 Å². The molecule has 3 nitrogen and oxygen atoms in total. The lowest BCUT2D eigenvalue weighted by atomic mass is 9.98. The number of rotatable bonds is 6. The smallest absolute Gasteiger partial charge is 0.305 e. The first kappa shape index (κ1) is 13.5. The maximum atomic E-state index is 11.0. The van der Waals surface area contributed by atoms with Gasteiger partial charge in [0.25, 0.3) is 0 Å². The molecule has 0 spiro atoms. The third-order valence-electron chi connectivity index (χ3n) is 3.42. The van der Waals surface area contributed by atoms with Crippen LogP contribution >= 0.6 is 0 Å². The van der Waals surface area contributed by atoms with Gasteiger partial charge in [-0.1, -0.05) is 19.8 Å². The molecular weight excluding hydrogens is 202 g/mol. The standard InChI is InChI=1S/C13H25NO2/c1-3-7-12-8-4-5-10-14(12)11-6-9-13(15)16-2/h12H,3-11H2,1-2H3. The number of ether oxygens (including phenoxy) is 1. The summed E-state index contributed by atoms with van der Waals surface area (Å²) in [6.07, 6.45) is 8.10. The van der Waals surface area contributed by atoms with E-state index in [9.17, 15) is 4.79 Å². The van der Waals surface area contributed by atoms with Crippen LogP contribution in [0.15, 0.2) is 0 Å². The van der Waals surface area contributed by atoms with E-state index in [-0.39, 0.29) is 5.97 Å². The summed E-state index contributed by atoms with van der Waals surface area (Å²) in [4.78, 5) is 13.6. The number of methoxy groups -OCH3 is 1. The van der Waals surface area contributed by atoms with Crippen molar-refractivity contribution in [2.45, 2.75) is 57.9 Å². The summed E-state index contributed by atoms with van der Waals surface area (Å²) in [5.41, 5.74) is 0. The summed E-state index contributed by atoms with van der Waals surface area (Å²) >= 11 is 0. The third kappa shape index (κ3) is 4.52. The highest BCUT2D eigenvalue weighted by Crippen LogP contribution is 2.21. The highest BCUT2D eigenvalue weighted by atomic mass is 16.5. The molecule has 16 heavy (non-hydrogen) atoms. The maximum absolute atomic E-state index is 11.0. The van der Waals surface area contributed by atoms with Gasteiger partial charge in [-0.15, -0.1) is 0 Å². The van der Waals surface area contributed by atoms with Crippen LogP contribution in [-0.2, 0) is 9.53 Å². The first-order valence-electron chi connectivity index (χ1n) is 6.58. The molecule has 3 heteroatoms. The van der Waals surface area contributed by atoms with E-state index in [2.05, 4.69) is 16.6 Å². The quantitative estimate of drug-likeness (QED) is 0.653. The monoisotopic (exact) mass is 227 g/mol. The SMILES string of the molecule is CCCC1CCCCN1CCCC(=O)OC. The predicted octanol–water partition coefficient (Wildman–Crippen LogP) is 2.59. The fourth-order valence-electron chi connectivity index (χ4n) is 2.54. The van der Waals surface area contributed by atoms with Gasteiger partial charge in [0.1, 0.15) is 0 Å². The highest BCUT2D eigenvalue weighted by molar-refractivity contribution is 5.69. The minimum absolute atomic E-state index is 0.0796. The molecular formula is C13H25NO2. The molecule has 0 aromatic rings. The average Bonchev–Trinajstić information content (AvgIpc) is 2.31. The van der Waals surface area contributed by atoms with Crippen LogP contribution in [0.2, 0.25) is 0 Å². The first-order valence-corrected chi connectivity index (χ1v) is 6.58. The zero-order valence-electron chi connectivity index (χ0n) is 10.7. The molecule has 1 unspecified atom stereocenters. The molecule has 0 amide bonds. The van der Waals surface area contributed by atoms with Gasteiger partial charge in [0, 0.05) is 12.5 Å². The Morgan fingerprint density at radius 2 is 2.25 bits per heavy atom. The Kier molecular flexibility index (Phi) is 6.46. The molecule has 0 aromatic heterocycles. The Morgan fingerprint density at radius 1 is 1.44 bits per heavy atom. The van der Waals surface area contributed by atoms with Crippen LogP contribution in [0.4, 0.5) is 0 Å². The Bertz CT molecular complexity index is 204. The number of carbonyl (C=O) groups is 1. The summed E-state index contributed by atoms with van der Waals surface area (Å²) in [6, 6.07) is 0.761. The van der Waals surface area contributed by atoms with E-state index in [1.165, 1.54) is 45.8 Å². The molecule has 0 N–H and O–H groups in total. The summed E-state index contributed by atoms with van der Waals surface area (Å²) in [6.45, 7) is 4.52. The molecule has 0 aromatic carbocycles.